The van der Waals surface area contributed by atoms with Crippen molar-refractivity contribution in [2.75, 3.05) is 13.6 Å². The molecule has 1 fully saturated rings. The zero-order valence-electron chi connectivity index (χ0n) is 12.3. The number of nitrogens with zero attached hydrogens (tertiary/aromatic N) is 1. The van der Waals surface area contributed by atoms with E-state index in [9.17, 15) is 4.79 Å². The molecule has 1 aromatic rings. The molecule has 1 heterocycles. The Bertz CT molecular complexity index is 445. The van der Waals surface area contributed by atoms with Gasteiger partial charge in [0.2, 0.25) is 5.91 Å². The third-order valence-electron chi connectivity index (χ3n) is 4.46. The van der Waals surface area contributed by atoms with E-state index in [1.165, 1.54) is 5.56 Å². The number of piperidine rings is 1. The second-order valence-electron chi connectivity index (χ2n) is 5.91. The van der Waals surface area contributed by atoms with Crippen molar-refractivity contribution in [1.29, 1.82) is 0 Å². The highest BCUT2D eigenvalue weighted by Gasteiger charge is 2.44. The quantitative estimate of drug-likeness (QED) is 0.885. The van der Waals surface area contributed by atoms with Gasteiger partial charge in [-0.2, -0.15) is 0 Å². The van der Waals surface area contributed by atoms with Crippen LogP contribution in [0.15, 0.2) is 30.3 Å². The number of amides is 1. The van der Waals surface area contributed by atoms with Crippen LogP contribution in [0.5, 0.6) is 0 Å². The largest absolute Gasteiger partial charge is 0.346 e. The Kier molecular flexibility index (Phi) is 3.95. The fourth-order valence-corrected chi connectivity index (χ4v) is 3.29. The number of nitrogens with one attached hydrogen (secondary N) is 1. The lowest BCUT2D eigenvalue weighted by Gasteiger charge is -2.49. The van der Waals surface area contributed by atoms with Crippen molar-refractivity contribution < 1.29 is 4.79 Å². The normalized spacial score (nSPS) is 32.0. The molecule has 104 valence electrons. The minimum absolute atomic E-state index is 0.0486. The third kappa shape index (κ3) is 2.66. The van der Waals surface area contributed by atoms with Crippen LogP contribution in [0, 0.1) is 5.92 Å². The van der Waals surface area contributed by atoms with Crippen molar-refractivity contribution in [3.8, 4) is 0 Å². The first-order valence-electron chi connectivity index (χ1n) is 7.00. The molecule has 1 N–H and O–H groups in total. The lowest BCUT2D eigenvalue weighted by molar-refractivity contribution is -0.123. The molecule has 0 radical (unpaired) electrons. The molecular formula is C16H24N2O. The van der Waals surface area contributed by atoms with Crippen LogP contribution in [0.1, 0.15) is 32.8 Å². The van der Waals surface area contributed by atoms with Crippen LogP contribution < -0.4 is 5.32 Å². The van der Waals surface area contributed by atoms with Gasteiger partial charge in [-0.15, -0.1) is 0 Å². The predicted octanol–water partition coefficient (Wildman–Crippen LogP) is 2.38. The maximum Gasteiger partial charge on any atom is 0.217 e. The second kappa shape index (κ2) is 5.33. The maximum atomic E-state index is 11.7. The summed E-state index contributed by atoms with van der Waals surface area (Å²) in [5.74, 6) is 0.437. The number of likely N-dealkylation sites (tertiary alicyclic amines) is 1. The molecule has 1 aliphatic rings. The summed E-state index contributed by atoms with van der Waals surface area (Å²) in [5, 5.41) is 3.25. The zero-order chi connectivity index (χ0) is 14.0. The Balaban J connectivity index is 2.43. The van der Waals surface area contributed by atoms with E-state index in [4.69, 9.17) is 0 Å². The molecule has 19 heavy (non-hydrogen) atoms. The Hall–Kier alpha value is -1.35. The number of hydrogen-bond acceptors (Lipinski definition) is 2. The van der Waals surface area contributed by atoms with Gasteiger partial charge in [0.1, 0.15) is 0 Å². The summed E-state index contributed by atoms with van der Waals surface area (Å²) >= 11 is 0. The minimum atomic E-state index is -0.237. The van der Waals surface area contributed by atoms with E-state index in [0.29, 0.717) is 12.0 Å². The summed E-state index contributed by atoms with van der Waals surface area (Å²) in [6.07, 6.45) is 0.953. The van der Waals surface area contributed by atoms with E-state index >= 15 is 0 Å². The molecule has 0 aliphatic carbocycles. The van der Waals surface area contributed by atoms with E-state index in [0.717, 1.165) is 13.0 Å². The molecule has 0 aromatic heterocycles. The maximum absolute atomic E-state index is 11.7. The molecule has 0 bridgehead atoms. The number of hydrogen-bond donors (Lipinski definition) is 1. The van der Waals surface area contributed by atoms with E-state index < -0.39 is 0 Å². The Morgan fingerprint density at radius 3 is 2.53 bits per heavy atom. The fraction of sp³-hybridized carbons (Fsp3) is 0.562. The number of carbonyl (C=O) groups is 1. The average Bonchev–Trinajstić information content (AvgIpc) is 2.36. The van der Waals surface area contributed by atoms with E-state index in [2.05, 4.69) is 55.4 Å². The standard InChI is InChI=1S/C16H24N2O/c1-12-11-18(4)13(2)10-16(12,17-14(3)19)15-8-6-5-7-9-15/h5-9,12-13H,10-11H2,1-4H3,(H,17,19)/t12-,13+,16-/m1/s1. The lowest BCUT2D eigenvalue weighted by atomic mass is 9.71. The minimum Gasteiger partial charge on any atom is -0.346 e. The molecule has 1 amide bonds. The lowest BCUT2D eigenvalue weighted by Crippen LogP contribution is -2.59. The van der Waals surface area contributed by atoms with Crippen LogP contribution in [-0.2, 0) is 10.3 Å². The van der Waals surface area contributed by atoms with Crippen LogP contribution in [0.3, 0.4) is 0 Å². The smallest absolute Gasteiger partial charge is 0.217 e. The molecule has 0 saturated carbocycles. The van der Waals surface area contributed by atoms with E-state index in [-0.39, 0.29) is 11.4 Å². The molecule has 0 spiro atoms. The van der Waals surface area contributed by atoms with E-state index in [1.807, 2.05) is 6.07 Å². The summed E-state index contributed by atoms with van der Waals surface area (Å²) < 4.78 is 0. The first-order valence-corrected chi connectivity index (χ1v) is 7.00. The highest BCUT2D eigenvalue weighted by molar-refractivity contribution is 5.74. The zero-order valence-corrected chi connectivity index (χ0v) is 12.3. The Morgan fingerprint density at radius 2 is 1.95 bits per heavy atom. The van der Waals surface area contributed by atoms with Crippen molar-refractivity contribution in [2.24, 2.45) is 5.92 Å². The Labute approximate surface area is 116 Å². The van der Waals surface area contributed by atoms with Crippen LogP contribution in [0.4, 0.5) is 0 Å². The molecule has 1 aliphatic heterocycles. The Morgan fingerprint density at radius 1 is 1.32 bits per heavy atom. The molecule has 2 rings (SSSR count). The van der Waals surface area contributed by atoms with Crippen molar-refractivity contribution in [3.63, 3.8) is 0 Å². The summed E-state index contributed by atoms with van der Waals surface area (Å²) in [7, 11) is 2.16. The van der Waals surface area contributed by atoms with Crippen LogP contribution in [-0.4, -0.2) is 30.4 Å². The summed E-state index contributed by atoms with van der Waals surface area (Å²) in [5.41, 5.74) is 0.983. The van der Waals surface area contributed by atoms with Gasteiger partial charge >= 0.3 is 0 Å². The average molecular weight is 260 g/mol. The topological polar surface area (TPSA) is 32.3 Å². The van der Waals surface area contributed by atoms with Crippen LogP contribution >= 0.6 is 0 Å². The molecule has 1 saturated heterocycles. The van der Waals surface area contributed by atoms with Gasteiger partial charge in [0.25, 0.3) is 0 Å². The monoisotopic (exact) mass is 260 g/mol. The van der Waals surface area contributed by atoms with Crippen molar-refractivity contribution in [1.82, 2.24) is 10.2 Å². The summed E-state index contributed by atoms with van der Waals surface area (Å²) in [6, 6.07) is 10.8. The number of carbonyl (C=O) groups excluding carboxylic acids is 1. The number of rotatable bonds is 2. The van der Waals surface area contributed by atoms with Crippen LogP contribution in [0.2, 0.25) is 0 Å². The van der Waals surface area contributed by atoms with Gasteiger partial charge in [0, 0.05) is 19.5 Å². The summed E-state index contributed by atoms with van der Waals surface area (Å²) in [4.78, 5) is 14.1. The van der Waals surface area contributed by atoms with Gasteiger partial charge in [0.15, 0.2) is 0 Å². The van der Waals surface area contributed by atoms with Gasteiger partial charge in [-0.05, 0) is 31.9 Å². The highest BCUT2D eigenvalue weighted by Crippen LogP contribution is 2.39. The number of benzene rings is 1. The molecule has 1 aromatic carbocycles. The molecule has 3 heteroatoms. The molecule has 0 unspecified atom stereocenters. The predicted molar refractivity (Wildman–Crippen MR) is 77.8 cm³/mol. The molecule has 3 atom stereocenters. The van der Waals surface area contributed by atoms with Crippen molar-refractivity contribution in [3.05, 3.63) is 35.9 Å². The third-order valence-corrected chi connectivity index (χ3v) is 4.46. The first kappa shape index (κ1) is 14.1. The van der Waals surface area contributed by atoms with E-state index in [1.54, 1.807) is 6.92 Å². The van der Waals surface area contributed by atoms with Crippen molar-refractivity contribution in [2.45, 2.75) is 38.8 Å². The fourth-order valence-electron chi connectivity index (χ4n) is 3.29. The SMILES string of the molecule is CC(=O)N[C@]1(c2ccccc2)C[C@H](C)N(C)C[C@H]1C. The summed E-state index contributed by atoms with van der Waals surface area (Å²) in [6.45, 7) is 7.06. The molecule has 3 nitrogen and oxygen atoms in total. The second-order valence-corrected chi connectivity index (χ2v) is 5.91. The van der Waals surface area contributed by atoms with Gasteiger partial charge in [0.05, 0.1) is 5.54 Å². The van der Waals surface area contributed by atoms with Gasteiger partial charge in [-0.1, -0.05) is 37.3 Å². The van der Waals surface area contributed by atoms with Gasteiger partial charge < -0.3 is 10.2 Å². The first-order chi connectivity index (χ1) is 8.95. The highest BCUT2D eigenvalue weighted by atomic mass is 16.1. The van der Waals surface area contributed by atoms with Gasteiger partial charge in [-0.3, -0.25) is 4.79 Å². The van der Waals surface area contributed by atoms with Crippen molar-refractivity contribution >= 4 is 5.91 Å². The van der Waals surface area contributed by atoms with Crippen LogP contribution in [0.25, 0.3) is 0 Å². The van der Waals surface area contributed by atoms with Gasteiger partial charge in [-0.25, -0.2) is 0 Å². The molecular weight excluding hydrogens is 236 g/mol.